The molecule has 0 aliphatic carbocycles. The number of nitrogens with zero attached hydrogens (tertiary/aromatic N) is 2. The van der Waals surface area contributed by atoms with Crippen molar-refractivity contribution in [1.82, 2.24) is 10.2 Å². The summed E-state index contributed by atoms with van der Waals surface area (Å²) < 4.78 is 10.5. The molecule has 7 nitrogen and oxygen atoms in total. The molecule has 0 bridgehead atoms. The van der Waals surface area contributed by atoms with Crippen molar-refractivity contribution in [2.45, 2.75) is 0 Å². The van der Waals surface area contributed by atoms with E-state index in [1.54, 1.807) is 12.1 Å². The number of carbonyl (C=O) groups is 2. The van der Waals surface area contributed by atoms with Gasteiger partial charge in [-0.3, -0.25) is 10.1 Å². The molecule has 0 aliphatic rings. The largest absolute Gasteiger partial charge is 0.452 e. The third kappa shape index (κ3) is 4.59. The van der Waals surface area contributed by atoms with E-state index in [1.165, 1.54) is 0 Å². The number of carbonyl (C=O) groups excluding carboxylic acids is 2. The van der Waals surface area contributed by atoms with Gasteiger partial charge < -0.3 is 9.15 Å². The van der Waals surface area contributed by atoms with Crippen molar-refractivity contribution >= 4 is 17.9 Å². The van der Waals surface area contributed by atoms with E-state index in [1.807, 2.05) is 72.8 Å². The first-order valence-electron chi connectivity index (χ1n) is 9.20. The fourth-order valence-corrected chi connectivity index (χ4v) is 2.77. The van der Waals surface area contributed by atoms with Crippen molar-refractivity contribution in [3.63, 3.8) is 0 Å². The van der Waals surface area contributed by atoms with E-state index in [4.69, 9.17) is 9.15 Å². The van der Waals surface area contributed by atoms with E-state index < -0.39 is 18.5 Å². The van der Waals surface area contributed by atoms with Crippen LogP contribution in [0.4, 0.5) is 6.01 Å². The number of hydrogen-bond donors (Lipinski definition) is 1. The standard InChI is InChI=1S/C23H17N3O4/c27-20(24-23-26-25-21(30-23)18-9-5-2-6-10-18)15-29-22(28)19-13-11-17(12-14-19)16-7-3-1-4-8-16/h1-14H,15H2,(H,24,26,27). The van der Waals surface area contributed by atoms with Crippen molar-refractivity contribution in [2.24, 2.45) is 0 Å². The van der Waals surface area contributed by atoms with Gasteiger partial charge in [-0.05, 0) is 35.4 Å². The Morgan fingerprint density at radius 3 is 2.03 bits per heavy atom. The lowest BCUT2D eigenvalue weighted by molar-refractivity contribution is -0.119. The van der Waals surface area contributed by atoms with Crippen molar-refractivity contribution in [1.29, 1.82) is 0 Å². The molecular weight excluding hydrogens is 382 g/mol. The lowest BCUT2D eigenvalue weighted by Crippen LogP contribution is -2.21. The molecule has 0 saturated carbocycles. The van der Waals surface area contributed by atoms with Crippen molar-refractivity contribution in [2.75, 3.05) is 11.9 Å². The van der Waals surface area contributed by atoms with Gasteiger partial charge in [0.2, 0.25) is 5.89 Å². The van der Waals surface area contributed by atoms with Gasteiger partial charge in [-0.2, -0.15) is 0 Å². The number of ether oxygens (including phenoxy) is 1. The van der Waals surface area contributed by atoms with E-state index in [0.29, 0.717) is 5.56 Å². The lowest BCUT2D eigenvalue weighted by atomic mass is 10.0. The predicted molar refractivity (Wildman–Crippen MR) is 111 cm³/mol. The lowest BCUT2D eigenvalue weighted by Gasteiger charge is -2.06. The average Bonchev–Trinajstić information content (AvgIpc) is 3.27. The van der Waals surface area contributed by atoms with Crippen molar-refractivity contribution in [3.05, 3.63) is 90.5 Å². The Morgan fingerprint density at radius 2 is 1.37 bits per heavy atom. The molecular formula is C23H17N3O4. The molecule has 0 spiro atoms. The minimum Gasteiger partial charge on any atom is -0.452 e. The maximum atomic E-state index is 12.2. The van der Waals surface area contributed by atoms with Crippen LogP contribution in [-0.4, -0.2) is 28.7 Å². The van der Waals surface area contributed by atoms with Gasteiger partial charge in [0.15, 0.2) is 6.61 Å². The summed E-state index contributed by atoms with van der Waals surface area (Å²) in [6.45, 7) is -0.470. The van der Waals surface area contributed by atoms with Crippen LogP contribution in [0.25, 0.3) is 22.6 Å². The third-order valence-corrected chi connectivity index (χ3v) is 4.25. The monoisotopic (exact) mass is 399 g/mol. The Kier molecular flexibility index (Phi) is 5.61. The second-order valence-electron chi connectivity index (χ2n) is 6.35. The maximum Gasteiger partial charge on any atom is 0.338 e. The van der Waals surface area contributed by atoms with E-state index >= 15 is 0 Å². The minimum atomic E-state index is -0.597. The van der Waals surface area contributed by atoms with Crippen molar-refractivity contribution < 1.29 is 18.7 Å². The van der Waals surface area contributed by atoms with Gasteiger partial charge in [0, 0.05) is 5.56 Å². The Labute approximate surface area is 172 Å². The molecule has 4 rings (SSSR count). The van der Waals surface area contributed by atoms with E-state index in [0.717, 1.165) is 16.7 Å². The number of benzene rings is 3. The quantitative estimate of drug-likeness (QED) is 0.488. The number of anilines is 1. The Balaban J connectivity index is 1.31. The van der Waals surface area contributed by atoms with Gasteiger partial charge in [-0.1, -0.05) is 65.8 Å². The molecule has 0 radical (unpaired) electrons. The Bertz CT molecular complexity index is 1140. The summed E-state index contributed by atoms with van der Waals surface area (Å²) in [6.07, 6.45) is 0. The smallest absolute Gasteiger partial charge is 0.338 e. The van der Waals surface area contributed by atoms with Crippen LogP contribution in [0.2, 0.25) is 0 Å². The summed E-state index contributed by atoms with van der Waals surface area (Å²) in [5.74, 6) is -0.894. The van der Waals surface area contributed by atoms with E-state index in [-0.39, 0.29) is 11.9 Å². The molecule has 30 heavy (non-hydrogen) atoms. The van der Waals surface area contributed by atoms with Gasteiger partial charge in [0.1, 0.15) is 0 Å². The maximum absolute atomic E-state index is 12.2. The molecule has 4 aromatic rings. The van der Waals surface area contributed by atoms with Gasteiger partial charge in [-0.15, -0.1) is 5.10 Å². The normalized spacial score (nSPS) is 10.4. The first kappa shape index (κ1) is 19.1. The second kappa shape index (κ2) is 8.83. The molecule has 7 heteroatoms. The van der Waals surface area contributed by atoms with Crippen LogP contribution in [0.3, 0.4) is 0 Å². The Hall–Kier alpha value is -4.26. The summed E-state index contributed by atoms with van der Waals surface area (Å²) in [7, 11) is 0. The third-order valence-electron chi connectivity index (χ3n) is 4.25. The molecule has 148 valence electrons. The fraction of sp³-hybridized carbons (Fsp3) is 0.0435. The summed E-state index contributed by atoms with van der Waals surface area (Å²) >= 11 is 0. The summed E-state index contributed by atoms with van der Waals surface area (Å²) in [4.78, 5) is 24.2. The molecule has 3 aromatic carbocycles. The first-order valence-corrected chi connectivity index (χ1v) is 9.20. The second-order valence-corrected chi connectivity index (χ2v) is 6.35. The molecule has 0 saturated heterocycles. The van der Waals surface area contributed by atoms with Crippen LogP contribution in [0, 0.1) is 0 Å². The number of amides is 1. The zero-order valence-corrected chi connectivity index (χ0v) is 15.8. The highest BCUT2D eigenvalue weighted by molar-refractivity contribution is 5.94. The predicted octanol–water partition coefficient (Wildman–Crippen LogP) is 4.20. The van der Waals surface area contributed by atoms with Crippen molar-refractivity contribution in [3.8, 4) is 22.6 Å². The van der Waals surface area contributed by atoms with E-state index in [2.05, 4.69) is 15.5 Å². The van der Waals surface area contributed by atoms with Gasteiger partial charge >= 0.3 is 12.0 Å². The zero-order chi connectivity index (χ0) is 20.8. The van der Waals surface area contributed by atoms with E-state index in [9.17, 15) is 9.59 Å². The number of esters is 1. The fourth-order valence-electron chi connectivity index (χ4n) is 2.77. The molecule has 0 atom stereocenters. The highest BCUT2D eigenvalue weighted by atomic mass is 16.5. The summed E-state index contributed by atoms with van der Waals surface area (Å²) in [5, 5.41) is 10.1. The van der Waals surface area contributed by atoms with Crippen LogP contribution in [0.1, 0.15) is 10.4 Å². The highest BCUT2D eigenvalue weighted by Crippen LogP contribution is 2.20. The molecule has 1 amide bonds. The number of hydrogen-bond acceptors (Lipinski definition) is 6. The van der Waals surface area contributed by atoms with Gasteiger partial charge in [-0.25, -0.2) is 4.79 Å². The molecule has 1 heterocycles. The zero-order valence-electron chi connectivity index (χ0n) is 15.8. The average molecular weight is 399 g/mol. The van der Waals surface area contributed by atoms with Crippen LogP contribution < -0.4 is 5.32 Å². The first-order chi connectivity index (χ1) is 14.7. The minimum absolute atomic E-state index is 0.0675. The summed E-state index contributed by atoms with van der Waals surface area (Å²) in [5.41, 5.74) is 3.12. The highest BCUT2D eigenvalue weighted by Gasteiger charge is 2.14. The number of aromatic nitrogens is 2. The number of nitrogens with one attached hydrogen (secondary N) is 1. The van der Waals surface area contributed by atoms with Gasteiger partial charge in [0.05, 0.1) is 5.56 Å². The molecule has 0 unspecified atom stereocenters. The van der Waals surface area contributed by atoms with Crippen LogP contribution in [0.15, 0.2) is 89.3 Å². The number of rotatable bonds is 6. The SMILES string of the molecule is O=C(COC(=O)c1ccc(-c2ccccc2)cc1)Nc1nnc(-c2ccccc2)o1. The van der Waals surface area contributed by atoms with Crippen LogP contribution >= 0.6 is 0 Å². The molecule has 1 N–H and O–H groups in total. The molecule has 0 aliphatic heterocycles. The van der Waals surface area contributed by atoms with Crippen LogP contribution in [-0.2, 0) is 9.53 Å². The van der Waals surface area contributed by atoms with Crippen LogP contribution in [0.5, 0.6) is 0 Å². The Morgan fingerprint density at radius 1 is 0.767 bits per heavy atom. The topological polar surface area (TPSA) is 94.3 Å². The van der Waals surface area contributed by atoms with Gasteiger partial charge in [0.25, 0.3) is 5.91 Å². The molecule has 1 aromatic heterocycles. The molecule has 0 fully saturated rings. The summed E-state index contributed by atoms with van der Waals surface area (Å²) in [6, 6.07) is 25.9.